The van der Waals surface area contributed by atoms with Gasteiger partial charge in [-0.05, 0) is 48.2 Å². The number of carbonyl (C=O) groups is 1. The van der Waals surface area contributed by atoms with Crippen molar-refractivity contribution >= 4 is 67.1 Å². The van der Waals surface area contributed by atoms with Gasteiger partial charge in [0.2, 0.25) is 0 Å². The van der Waals surface area contributed by atoms with Gasteiger partial charge in [0.15, 0.2) is 5.75 Å². The van der Waals surface area contributed by atoms with Crippen molar-refractivity contribution in [1.82, 2.24) is 0 Å². The molecule has 0 aliphatic rings. The third-order valence-electron chi connectivity index (χ3n) is 5.46. The molecule has 0 heterocycles. The van der Waals surface area contributed by atoms with Gasteiger partial charge in [0.1, 0.15) is 16.3 Å². The first-order valence-electron chi connectivity index (χ1n) is 10.6. The van der Waals surface area contributed by atoms with E-state index < -0.39 is 26.7 Å². The fourth-order valence-electron chi connectivity index (χ4n) is 3.60. The van der Waals surface area contributed by atoms with E-state index in [2.05, 4.69) is 15.5 Å². The molecule has 37 heavy (non-hydrogen) atoms. The molecular weight excluding hydrogens is 541 g/mol. The molecule has 0 saturated heterocycles. The summed E-state index contributed by atoms with van der Waals surface area (Å²) in [5, 5.41) is 23.3. The summed E-state index contributed by atoms with van der Waals surface area (Å²) < 4.78 is 37.5. The molecule has 3 N–H and O–H groups in total. The highest BCUT2D eigenvalue weighted by Crippen LogP contribution is 2.41. The monoisotopic (exact) mass is 559 g/mol. The normalized spacial score (nSPS) is 11.7. The molecule has 1 amide bonds. The first-order valence-corrected chi connectivity index (χ1v) is 12.8. The smallest absolute Gasteiger partial charge is 0.296 e. The van der Waals surface area contributed by atoms with Crippen LogP contribution >= 0.6 is 23.2 Å². The zero-order valence-corrected chi connectivity index (χ0v) is 21.7. The van der Waals surface area contributed by atoms with Crippen LogP contribution in [0.1, 0.15) is 15.9 Å². The standard InChI is InChI=1S/C25H19Cl2N3O6S/c1-13-20(7-8-21(22(13)27)37(33,34)35)29-30-23-18-6-4-3-5-14(18)9-19(24(23)31)25(32)28-16-10-15(26)11-17(12-16)36-2/h3-12,31H,1-2H3,(H,28,32)(H,33,34,35). The van der Waals surface area contributed by atoms with E-state index in [9.17, 15) is 22.9 Å². The van der Waals surface area contributed by atoms with E-state index in [1.165, 1.54) is 32.2 Å². The lowest BCUT2D eigenvalue weighted by molar-refractivity contribution is 0.102. The molecule has 0 radical (unpaired) electrons. The number of nitrogens with zero attached hydrogens (tertiary/aromatic N) is 2. The predicted octanol–water partition coefficient (Wildman–Crippen LogP) is 7.08. The van der Waals surface area contributed by atoms with Crippen molar-refractivity contribution in [2.24, 2.45) is 10.2 Å². The summed E-state index contributed by atoms with van der Waals surface area (Å²) in [7, 11) is -3.06. The van der Waals surface area contributed by atoms with Crippen LogP contribution in [0.2, 0.25) is 10.0 Å². The van der Waals surface area contributed by atoms with Crippen LogP contribution in [0.3, 0.4) is 0 Å². The number of nitrogens with one attached hydrogen (secondary N) is 1. The van der Waals surface area contributed by atoms with Gasteiger partial charge in [-0.25, -0.2) is 0 Å². The predicted molar refractivity (Wildman–Crippen MR) is 142 cm³/mol. The molecule has 0 atom stereocenters. The number of ether oxygens (including phenoxy) is 1. The highest BCUT2D eigenvalue weighted by molar-refractivity contribution is 7.86. The Hall–Kier alpha value is -3.70. The van der Waals surface area contributed by atoms with Crippen molar-refractivity contribution in [1.29, 1.82) is 0 Å². The molecule has 0 spiro atoms. The number of halogens is 2. The Bertz CT molecular complexity index is 1690. The molecule has 0 aliphatic carbocycles. The summed E-state index contributed by atoms with van der Waals surface area (Å²) >= 11 is 12.2. The molecule has 4 aromatic carbocycles. The van der Waals surface area contributed by atoms with Crippen LogP contribution in [0.4, 0.5) is 17.1 Å². The lowest BCUT2D eigenvalue weighted by Gasteiger charge is -2.12. The maximum Gasteiger partial charge on any atom is 0.296 e. The van der Waals surface area contributed by atoms with Gasteiger partial charge in [-0.3, -0.25) is 9.35 Å². The van der Waals surface area contributed by atoms with E-state index in [-0.39, 0.29) is 27.5 Å². The topological polar surface area (TPSA) is 138 Å². The van der Waals surface area contributed by atoms with Crippen molar-refractivity contribution in [3.8, 4) is 11.5 Å². The molecule has 9 nitrogen and oxygen atoms in total. The van der Waals surface area contributed by atoms with Crippen LogP contribution in [0.15, 0.2) is 75.8 Å². The first kappa shape index (κ1) is 26.4. The number of aromatic hydroxyl groups is 1. The van der Waals surface area contributed by atoms with Crippen LogP contribution in [-0.2, 0) is 10.1 Å². The zero-order chi connectivity index (χ0) is 26.9. The van der Waals surface area contributed by atoms with Crippen LogP contribution in [0, 0.1) is 6.92 Å². The summed E-state index contributed by atoms with van der Waals surface area (Å²) in [5.74, 6) is -0.609. The molecule has 0 saturated carbocycles. The second-order valence-electron chi connectivity index (χ2n) is 7.87. The average molecular weight is 560 g/mol. The number of carbonyl (C=O) groups excluding carboxylic acids is 1. The van der Waals surface area contributed by atoms with E-state index in [1.54, 1.807) is 36.4 Å². The number of phenolic OH excluding ortho intramolecular Hbond substituents is 1. The lowest BCUT2D eigenvalue weighted by atomic mass is 10.0. The van der Waals surface area contributed by atoms with Gasteiger partial charge < -0.3 is 15.2 Å². The summed E-state index contributed by atoms with van der Waals surface area (Å²) in [4.78, 5) is 12.7. The summed E-state index contributed by atoms with van der Waals surface area (Å²) in [6.07, 6.45) is 0. The Morgan fingerprint density at radius 2 is 1.76 bits per heavy atom. The van der Waals surface area contributed by atoms with Crippen molar-refractivity contribution < 1.29 is 27.6 Å². The average Bonchev–Trinajstić information content (AvgIpc) is 2.84. The quantitative estimate of drug-likeness (QED) is 0.170. The second kappa shape index (κ2) is 10.3. The minimum atomic E-state index is -4.53. The number of hydrogen-bond donors (Lipinski definition) is 3. The van der Waals surface area contributed by atoms with Gasteiger partial charge in [0.05, 0.1) is 23.4 Å². The number of benzene rings is 4. The molecular formula is C25H19Cl2N3O6S. The van der Waals surface area contributed by atoms with Gasteiger partial charge in [0, 0.05) is 22.2 Å². The molecule has 0 fully saturated rings. The van der Waals surface area contributed by atoms with Gasteiger partial charge in [0.25, 0.3) is 16.0 Å². The van der Waals surface area contributed by atoms with Gasteiger partial charge in [-0.15, -0.1) is 5.11 Å². The third-order valence-corrected chi connectivity index (χ3v) is 7.18. The van der Waals surface area contributed by atoms with E-state index >= 15 is 0 Å². The van der Waals surface area contributed by atoms with Crippen LogP contribution in [-0.4, -0.2) is 31.1 Å². The Morgan fingerprint density at radius 1 is 1.03 bits per heavy atom. The number of fused-ring (bicyclic) bond motifs is 1. The van der Waals surface area contributed by atoms with Gasteiger partial charge in [-0.1, -0.05) is 47.5 Å². The molecule has 0 aliphatic heterocycles. The highest BCUT2D eigenvalue weighted by atomic mass is 35.5. The fourth-order valence-corrected chi connectivity index (χ4v) is 4.90. The second-order valence-corrected chi connectivity index (χ2v) is 10.1. The molecule has 0 unspecified atom stereocenters. The van der Waals surface area contributed by atoms with Crippen LogP contribution in [0.25, 0.3) is 10.8 Å². The number of anilines is 1. The largest absolute Gasteiger partial charge is 0.505 e. The zero-order valence-electron chi connectivity index (χ0n) is 19.4. The first-order chi connectivity index (χ1) is 17.5. The number of rotatable bonds is 6. The molecule has 0 aromatic heterocycles. The molecule has 12 heteroatoms. The Balaban J connectivity index is 1.78. The number of phenols is 1. The van der Waals surface area contributed by atoms with E-state index in [1.807, 2.05) is 0 Å². The van der Waals surface area contributed by atoms with E-state index in [0.29, 0.717) is 27.2 Å². The number of hydrogen-bond acceptors (Lipinski definition) is 7. The van der Waals surface area contributed by atoms with Crippen molar-refractivity contribution in [3.63, 3.8) is 0 Å². The molecule has 190 valence electrons. The Morgan fingerprint density at radius 3 is 2.46 bits per heavy atom. The molecule has 4 aromatic rings. The molecule has 0 bridgehead atoms. The van der Waals surface area contributed by atoms with E-state index in [4.69, 9.17) is 27.9 Å². The number of amides is 1. The minimum Gasteiger partial charge on any atom is -0.505 e. The number of azo groups is 1. The maximum absolute atomic E-state index is 13.1. The SMILES string of the molecule is COc1cc(Cl)cc(NC(=O)c2cc3ccccc3c(N=Nc3ccc(S(=O)(=O)O)c(Cl)c3C)c2O)c1. The Labute approximate surface area is 222 Å². The highest BCUT2D eigenvalue weighted by Gasteiger charge is 2.20. The van der Waals surface area contributed by atoms with Crippen molar-refractivity contribution in [3.05, 3.63) is 81.8 Å². The number of methoxy groups -OCH3 is 1. The maximum atomic E-state index is 13.1. The summed E-state index contributed by atoms with van der Waals surface area (Å²) in [6, 6.07) is 15.6. The summed E-state index contributed by atoms with van der Waals surface area (Å²) in [6.45, 7) is 1.51. The summed E-state index contributed by atoms with van der Waals surface area (Å²) in [5.41, 5.74) is 0.744. The van der Waals surface area contributed by atoms with Gasteiger partial charge in [-0.2, -0.15) is 13.5 Å². The van der Waals surface area contributed by atoms with Crippen molar-refractivity contribution in [2.45, 2.75) is 11.8 Å². The third kappa shape index (κ3) is 5.52. The van der Waals surface area contributed by atoms with Crippen LogP contribution < -0.4 is 10.1 Å². The molecule has 4 rings (SSSR count). The lowest BCUT2D eigenvalue weighted by Crippen LogP contribution is -2.12. The van der Waals surface area contributed by atoms with E-state index in [0.717, 1.165) is 6.07 Å². The fraction of sp³-hybridized carbons (Fsp3) is 0.0800. The van der Waals surface area contributed by atoms with Crippen LogP contribution in [0.5, 0.6) is 11.5 Å². The minimum absolute atomic E-state index is 0.0151. The van der Waals surface area contributed by atoms with Crippen molar-refractivity contribution in [2.75, 3.05) is 12.4 Å². The Kier molecular flexibility index (Phi) is 7.37. The van der Waals surface area contributed by atoms with Gasteiger partial charge >= 0.3 is 0 Å².